The van der Waals surface area contributed by atoms with Crippen LogP contribution < -0.4 is 5.32 Å². The van der Waals surface area contributed by atoms with E-state index in [1.807, 2.05) is 0 Å². The Bertz CT molecular complexity index is 550. The number of ether oxygens (including phenoxy) is 2. The molecule has 1 aliphatic rings. The van der Waals surface area contributed by atoms with Gasteiger partial charge in [0.2, 0.25) is 0 Å². The van der Waals surface area contributed by atoms with Crippen molar-refractivity contribution in [3.63, 3.8) is 0 Å². The fourth-order valence-electron chi connectivity index (χ4n) is 1.93. The molecule has 0 aromatic heterocycles. The molecule has 0 saturated heterocycles. The number of halogens is 1. The largest absolute Gasteiger partial charge is 0.497 e. The summed E-state index contributed by atoms with van der Waals surface area (Å²) in [5.41, 5.74) is 0.449. The molecule has 1 aliphatic heterocycles. The molecule has 1 N–H and O–H groups in total. The summed E-state index contributed by atoms with van der Waals surface area (Å²) in [5, 5.41) is 2.59. The van der Waals surface area contributed by atoms with E-state index in [2.05, 4.69) is 10.1 Å². The predicted octanol–water partition coefficient (Wildman–Crippen LogP) is 1.07. The lowest BCUT2D eigenvalue weighted by Gasteiger charge is -2.14. The predicted molar refractivity (Wildman–Crippen MR) is 63.3 cm³/mol. The van der Waals surface area contributed by atoms with Gasteiger partial charge in [0, 0.05) is 0 Å². The number of benzene rings is 1. The minimum Gasteiger partial charge on any atom is -0.497 e. The van der Waals surface area contributed by atoms with E-state index in [0.29, 0.717) is 5.56 Å². The third-order valence-electron chi connectivity index (χ3n) is 2.82. The second kappa shape index (κ2) is 5.09. The highest BCUT2D eigenvalue weighted by Crippen LogP contribution is 2.31. The zero-order chi connectivity index (χ0) is 14.0. The summed E-state index contributed by atoms with van der Waals surface area (Å²) < 4.78 is 22.5. The first-order valence-electron chi connectivity index (χ1n) is 5.51. The summed E-state index contributed by atoms with van der Waals surface area (Å²) in [4.78, 5) is 23.3. The third kappa shape index (κ3) is 2.29. The maximum Gasteiger partial charge on any atom is 0.347 e. The smallest absolute Gasteiger partial charge is 0.347 e. The van der Waals surface area contributed by atoms with Crippen molar-refractivity contribution in [3.8, 4) is 0 Å². The van der Waals surface area contributed by atoms with Crippen LogP contribution in [0.3, 0.4) is 0 Å². The van der Waals surface area contributed by atoms with Gasteiger partial charge in [0.1, 0.15) is 17.6 Å². The average molecular weight is 265 g/mol. The summed E-state index contributed by atoms with van der Waals surface area (Å²) in [7, 11) is 2.54. The molecule has 100 valence electrons. The first-order valence-corrected chi connectivity index (χ1v) is 5.51. The average Bonchev–Trinajstić information content (AvgIpc) is 2.75. The molecule has 0 fully saturated rings. The van der Waals surface area contributed by atoms with Gasteiger partial charge in [-0.3, -0.25) is 4.79 Å². The second-order valence-corrected chi connectivity index (χ2v) is 3.89. The monoisotopic (exact) mass is 265 g/mol. The van der Waals surface area contributed by atoms with Crippen LogP contribution in [-0.4, -0.2) is 26.1 Å². The van der Waals surface area contributed by atoms with Gasteiger partial charge in [0.05, 0.1) is 14.2 Å². The molecule has 1 atom stereocenters. The summed E-state index contributed by atoms with van der Waals surface area (Å²) in [6, 6.07) is 4.95. The van der Waals surface area contributed by atoms with Gasteiger partial charge in [-0.2, -0.15) is 0 Å². The number of nitrogens with one attached hydrogen (secondary N) is 1. The minimum absolute atomic E-state index is 0.167. The normalized spacial score (nSPS) is 18.3. The molecule has 1 amide bonds. The zero-order valence-electron chi connectivity index (χ0n) is 10.4. The Kier molecular flexibility index (Phi) is 3.50. The maximum atomic E-state index is 12.9. The van der Waals surface area contributed by atoms with E-state index in [0.717, 1.165) is 0 Å². The van der Waals surface area contributed by atoms with Crippen LogP contribution in [0.5, 0.6) is 0 Å². The lowest BCUT2D eigenvalue weighted by molar-refractivity contribution is -0.138. The van der Waals surface area contributed by atoms with Gasteiger partial charge in [-0.25, -0.2) is 9.18 Å². The molecule has 5 nitrogen and oxygen atoms in total. The molecule has 1 aromatic rings. The molecule has 0 bridgehead atoms. The van der Waals surface area contributed by atoms with Crippen LogP contribution in [0, 0.1) is 5.82 Å². The lowest BCUT2D eigenvalue weighted by atomic mass is 10.1. The second-order valence-electron chi connectivity index (χ2n) is 3.89. The molecule has 6 heteroatoms. The SMILES string of the molecule is COC(=O)C1=C(OC)C(c2ccc(F)cc2)NC1=O. The van der Waals surface area contributed by atoms with Crippen LogP contribution in [0.15, 0.2) is 35.6 Å². The van der Waals surface area contributed by atoms with E-state index in [9.17, 15) is 14.0 Å². The highest BCUT2D eigenvalue weighted by molar-refractivity contribution is 6.18. The number of rotatable bonds is 3. The number of carbonyl (C=O) groups is 2. The van der Waals surface area contributed by atoms with Gasteiger partial charge in [-0.15, -0.1) is 0 Å². The highest BCUT2D eigenvalue weighted by atomic mass is 19.1. The number of amides is 1. The highest BCUT2D eigenvalue weighted by Gasteiger charge is 2.38. The first kappa shape index (κ1) is 13.1. The number of esters is 1. The molecular weight excluding hydrogens is 253 g/mol. The molecule has 0 radical (unpaired) electrons. The molecular formula is C13H12FNO4. The first-order chi connectivity index (χ1) is 9.08. The Labute approximate surface area is 109 Å². The van der Waals surface area contributed by atoms with Crippen molar-refractivity contribution < 1.29 is 23.5 Å². The Morgan fingerprint density at radius 3 is 2.42 bits per heavy atom. The summed E-state index contributed by atoms with van der Waals surface area (Å²) in [6.45, 7) is 0. The Hall–Kier alpha value is -2.37. The van der Waals surface area contributed by atoms with E-state index >= 15 is 0 Å². The van der Waals surface area contributed by atoms with Crippen LogP contribution in [0.4, 0.5) is 4.39 Å². The van der Waals surface area contributed by atoms with Crippen molar-refractivity contribution in [1.82, 2.24) is 5.32 Å². The van der Waals surface area contributed by atoms with Crippen molar-refractivity contribution in [1.29, 1.82) is 0 Å². The molecule has 0 saturated carbocycles. The summed E-state index contributed by atoms with van der Waals surface area (Å²) in [6.07, 6.45) is 0. The number of hydrogen-bond donors (Lipinski definition) is 1. The fraction of sp³-hybridized carbons (Fsp3) is 0.231. The minimum atomic E-state index is -0.765. The van der Waals surface area contributed by atoms with Gasteiger partial charge < -0.3 is 14.8 Å². The molecule has 2 rings (SSSR count). The number of hydrogen-bond acceptors (Lipinski definition) is 4. The van der Waals surface area contributed by atoms with E-state index in [-0.39, 0.29) is 17.1 Å². The van der Waals surface area contributed by atoms with Crippen LogP contribution in [0.25, 0.3) is 0 Å². The van der Waals surface area contributed by atoms with Gasteiger partial charge in [-0.05, 0) is 17.7 Å². The molecule has 1 heterocycles. The molecule has 0 aliphatic carbocycles. The van der Waals surface area contributed by atoms with E-state index < -0.39 is 17.9 Å². The summed E-state index contributed by atoms with van der Waals surface area (Å²) in [5.74, 6) is -1.55. The molecule has 1 aromatic carbocycles. The van der Waals surface area contributed by atoms with Crippen molar-refractivity contribution in [2.24, 2.45) is 0 Å². The van der Waals surface area contributed by atoms with Crippen LogP contribution in [0.1, 0.15) is 11.6 Å². The standard InChI is InChI=1S/C13H12FNO4/c1-18-11-9(13(17)19-2)12(16)15-10(11)7-3-5-8(14)6-4-7/h3-6,10H,1-2H3,(H,15,16). The van der Waals surface area contributed by atoms with Gasteiger partial charge >= 0.3 is 5.97 Å². The van der Waals surface area contributed by atoms with Crippen molar-refractivity contribution in [3.05, 3.63) is 47.0 Å². The lowest BCUT2D eigenvalue weighted by Crippen LogP contribution is -2.24. The Morgan fingerprint density at radius 1 is 1.26 bits per heavy atom. The Balaban J connectivity index is 2.43. The van der Waals surface area contributed by atoms with Crippen LogP contribution >= 0.6 is 0 Å². The topological polar surface area (TPSA) is 64.6 Å². The maximum absolute atomic E-state index is 12.9. The third-order valence-corrected chi connectivity index (χ3v) is 2.82. The Morgan fingerprint density at radius 2 is 1.89 bits per heavy atom. The van der Waals surface area contributed by atoms with Crippen LogP contribution in [0.2, 0.25) is 0 Å². The van der Waals surface area contributed by atoms with Crippen LogP contribution in [-0.2, 0) is 19.1 Å². The van der Waals surface area contributed by atoms with Crippen molar-refractivity contribution in [2.75, 3.05) is 14.2 Å². The van der Waals surface area contributed by atoms with Gasteiger partial charge in [0.25, 0.3) is 5.91 Å². The number of carbonyl (C=O) groups excluding carboxylic acids is 2. The van der Waals surface area contributed by atoms with E-state index in [1.54, 1.807) is 0 Å². The van der Waals surface area contributed by atoms with Crippen molar-refractivity contribution >= 4 is 11.9 Å². The molecule has 19 heavy (non-hydrogen) atoms. The molecule has 1 unspecified atom stereocenters. The summed E-state index contributed by atoms with van der Waals surface area (Å²) >= 11 is 0. The fourth-order valence-corrected chi connectivity index (χ4v) is 1.93. The zero-order valence-corrected chi connectivity index (χ0v) is 10.4. The van der Waals surface area contributed by atoms with Gasteiger partial charge in [0.15, 0.2) is 5.57 Å². The number of methoxy groups -OCH3 is 2. The van der Waals surface area contributed by atoms with E-state index in [4.69, 9.17) is 4.74 Å². The van der Waals surface area contributed by atoms with Gasteiger partial charge in [-0.1, -0.05) is 12.1 Å². The quantitative estimate of drug-likeness (QED) is 0.656. The van der Waals surface area contributed by atoms with Crippen molar-refractivity contribution in [2.45, 2.75) is 6.04 Å². The molecule has 0 spiro atoms. The van der Waals surface area contributed by atoms with E-state index in [1.165, 1.54) is 38.5 Å².